The van der Waals surface area contributed by atoms with Crippen LogP contribution in [0.25, 0.3) is 0 Å². The van der Waals surface area contributed by atoms with Gasteiger partial charge in [-0.05, 0) is 6.07 Å². The summed E-state index contributed by atoms with van der Waals surface area (Å²) in [5.74, 6) is -1.32. The van der Waals surface area contributed by atoms with Gasteiger partial charge in [-0.3, -0.25) is 4.79 Å². The van der Waals surface area contributed by atoms with Gasteiger partial charge in [0.15, 0.2) is 11.5 Å². The molecule has 0 amide bonds. The van der Waals surface area contributed by atoms with Gasteiger partial charge < -0.3 is 19.3 Å². The van der Waals surface area contributed by atoms with Gasteiger partial charge in [0.05, 0.1) is 13.5 Å². The van der Waals surface area contributed by atoms with Crippen LogP contribution in [-0.4, -0.2) is 31.4 Å². The minimum Gasteiger partial charge on any atom is -0.493 e. The Kier molecular flexibility index (Phi) is 3.74. The average Bonchev–Trinajstić information content (AvgIpc) is 2.37. The molecule has 0 aromatic heterocycles. The van der Waals surface area contributed by atoms with E-state index in [1.54, 1.807) is 19.9 Å². The standard InChI is InChI=1S/C14H17FO5/c1-14(2,7-10(16)17)8-6-9-13(20-5-4-19-9)11(15)12(8)18-3/h6H,4-5,7H2,1-3H3,(H,16,17). The Morgan fingerprint density at radius 1 is 1.45 bits per heavy atom. The molecular formula is C14H17FO5. The maximum atomic E-state index is 14.4. The summed E-state index contributed by atoms with van der Waals surface area (Å²) < 4.78 is 30.1. The Bertz CT molecular complexity index is 539. The lowest BCUT2D eigenvalue weighted by Gasteiger charge is -2.28. The van der Waals surface area contributed by atoms with Crippen LogP contribution in [0.4, 0.5) is 4.39 Å². The number of benzene rings is 1. The van der Waals surface area contributed by atoms with Gasteiger partial charge >= 0.3 is 5.97 Å². The predicted molar refractivity (Wildman–Crippen MR) is 69.2 cm³/mol. The minimum atomic E-state index is -0.965. The molecule has 0 atom stereocenters. The molecule has 2 rings (SSSR count). The molecule has 0 bridgehead atoms. The fourth-order valence-electron chi connectivity index (χ4n) is 2.30. The third kappa shape index (κ3) is 2.50. The number of carbonyl (C=O) groups is 1. The first-order valence-electron chi connectivity index (χ1n) is 6.25. The van der Waals surface area contributed by atoms with Gasteiger partial charge in [-0.2, -0.15) is 4.39 Å². The Morgan fingerprint density at radius 3 is 2.70 bits per heavy atom. The van der Waals surface area contributed by atoms with E-state index in [1.165, 1.54) is 7.11 Å². The molecule has 0 saturated heterocycles. The summed E-state index contributed by atoms with van der Waals surface area (Å²) >= 11 is 0. The molecule has 1 aliphatic rings. The van der Waals surface area contributed by atoms with Crippen molar-refractivity contribution in [2.24, 2.45) is 0 Å². The van der Waals surface area contributed by atoms with Crippen molar-refractivity contribution in [3.8, 4) is 17.2 Å². The van der Waals surface area contributed by atoms with Crippen molar-refractivity contribution in [2.75, 3.05) is 20.3 Å². The Hall–Kier alpha value is -1.98. The lowest BCUT2D eigenvalue weighted by Crippen LogP contribution is -2.24. The lowest BCUT2D eigenvalue weighted by atomic mass is 9.80. The number of fused-ring (bicyclic) bond motifs is 1. The molecule has 1 aromatic rings. The molecule has 110 valence electrons. The monoisotopic (exact) mass is 284 g/mol. The highest BCUT2D eigenvalue weighted by molar-refractivity contribution is 5.70. The van der Waals surface area contributed by atoms with E-state index in [0.717, 1.165) is 0 Å². The van der Waals surface area contributed by atoms with Gasteiger partial charge in [-0.25, -0.2) is 0 Å². The van der Waals surface area contributed by atoms with Crippen LogP contribution in [0.1, 0.15) is 25.8 Å². The Morgan fingerprint density at radius 2 is 2.10 bits per heavy atom. The summed E-state index contributed by atoms with van der Waals surface area (Å²) in [6.07, 6.45) is -0.150. The van der Waals surface area contributed by atoms with Crippen LogP contribution in [0.3, 0.4) is 0 Å². The van der Waals surface area contributed by atoms with E-state index in [4.69, 9.17) is 19.3 Å². The topological polar surface area (TPSA) is 65.0 Å². The highest BCUT2D eigenvalue weighted by Crippen LogP contribution is 2.45. The van der Waals surface area contributed by atoms with Gasteiger partial charge in [0, 0.05) is 11.0 Å². The zero-order chi connectivity index (χ0) is 14.9. The van der Waals surface area contributed by atoms with Crippen molar-refractivity contribution in [1.29, 1.82) is 0 Å². The minimum absolute atomic E-state index is 0.000463. The fourth-order valence-corrected chi connectivity index (χ4v) is 2.30. The van der Waals surface area contributed by atoms with Gasteiger partial charge in [0.1, 0.15) is 13.2 Å². The smallest absolute Gasteiger partial charge is 0.304 e. The molecule has 0 unspecified atom stereocenters. The first-order valence-corrected chi connectivity index (χ1v) is 6.25. The molecule has 0 radical (unpaired) electrons. The van der Waals surface area contributed by atoms with Crippen LogP contribution in [0.15, 0.2) is 6.07 Å². The van der Waals surface area contributed by atoms with Crippen LogP contribution in [0.5, 0.6) is 17.2 Å². The van der Waals surface area contributed by atoms with E-state index in [9.17, 15) is 9.18 Å². The number of aliphatic carboxylic acids is 1. The molecule has 0 saturated carbocycles. The van der Waals surface area contributed by atoms with E-state index < -0.39 is 17.2 Å². The predicted octanol–water partition coefficient (Wildman–Crippen LogP) is 2.36. The quantitative estimate of drug-likeness (QED) is 0.919. The van der Waals surface area contributed by atoms with Crippen molar-refractivity contribution in [1.82, 2.24) is 0 Å². The number of carboxylic acids is 1. The van der Waals surface area contributed by atoms with E-state index in [2.05, 4.69) is 0 Å². The van der Waals surface area contributed by atoms with Gasteiger partial charge in [-0.15, -0.1) is 0 Å². The van der Waals surface area contributed by atoms with Crippen LogP contribution < -0.4 is 14.2 Å². The molecule has 1 N–H and O–H groups in total. The second-order valence-electron chi connectivity index (χ2n) is 5.25. The van der Waals surface area contributed by atoms with Crippen molar-refractivity contribution in [2.45, 2.75) is 25.7 Å². The number of ether oxygens (including phenoxy) is 3. The molecule has 0 fully saturated rings. The molecule has 1 heterocycles. The van der Waals surface area contributed by atoms with Gasteiger partial charge in [0.25, 0.3) is 0 Å². The van der Waals surface area contributed by atoms with E-state index in [1.807, 2.05) is 0 Å². The third-order valence-electron chi connectivity index (χ3n) is 3.26. The molecule has 1 aliphatic heterocycles. The normalized spacial score (nSPS) is 14.0. The largest absolute Gasteiger partial charge is 0.493 e. The SMILES string of the molecule is COc1c(C(C)(C)CC(=O)O)cc2c(c1F)OCCO2. The molecule has 0 aliphatic carbocycles. The molecule has 0 spiro atoms. The van der Waals surface area contributed by atoms with Gasteiger partial charge in [0.2, 0.25) is 11.6 Å². The van der Waals surface area contributed by atoms with Crippen molar-refractivity contribution >= 4 is 5.97 Å². The maximum absolute atomic E-state index is 14.4. The summed E-state index contributed by atoms with van der Waals surface area (Å²) in [5.41, 5.74) is -0.349. The van der Waals surface area contributed by atoms with E-state index in [-0.39, 0.29) is 30.3 Å². The number of rotatable bonds is 4. The average molecular weight is 284 g/mol. The summed E-state index contributed by atoms with van der Waals surface area (Å²) in [6, 6.07) is 1.60. The van der Waals surface area contributed by atoms with E-state index >= 15 is 0 Å². The zero-order valence-corrected chi connectivity index (χ0v) is 11.7. The fraction of sp³-hybridized carbons (Fsp3) is 0.500. The summed E-state index contributed by atoms with van der Waals surface area (Å²) in [4.78, 5) is 11.0. The van der Waals surface area contributed by atoms with Crippen LogP contribution in [0, 0.1) is 5.82 Å². The molecular weight excluding hydrogens is 267 g/mol. The maximum Gasteiger partial charge on any atom is 0.304 e. The number of hydrogen-bond donors (Lipinski definition) is 1. The van der Waals surface area contributed by atoms with Crippen LogP contribution in [-0.2, 0) is 10.2 Å². The first kappa shape index (κ1) is 14.4. The van der Waals surface area contributed by atoms with Crippen LogP contribution >= 0.6 is 0 Å². The number of methoxy groups -OCH3 is 1. The summed E-state index contributed by atoms with van der Waals surface area (Å²) in [5, 5.41) is 8.99. The number of hydrogen-bond acceptors (Lipinski definition) is 4. The molecule has 20 heavy (non-hydrogen) atoms. The molecule has 1 aromatic carbocycles. The number of carboxylic acid groups (broad SMARTS) is 1. The van der Waals surface area contributed by atoms with Crippen molar-refractivity contribution in [3.05, 3.63) is 17.4 Å². The second-order valence-corrected chi connectivity index (χ2v) is 5.25. The Labute approximate surface area is 116 Å². The van der Waals surface area contributed by atoms with Crippen molar-refractivity contribution in [3.63, 3.8) is 0 Å². The Balaban J connectivity index is 2.57. The lowest BCUT2D eigenvalue weighted by molar-refractivity contribution is -0.138. The highest BCUT2D eigenvalue weighted by Gasteiger charge is 2.33. The highest BCUT2D eigenvalue weighted by atomic mass is 19.1. The van der Waals surface area contributed by atoms with Crippen LogP contribution in [0.2, 0.25) is 0 Å². The second kappa shape index (κ2) is 5.19. The van der Waals surface area contributed by atoms with Crippen molar-refractivity contribution < 1.29 is 28.5 Å². The third-order valence-corrected chi connectivity index (χ3v) is 3.26. The van der Waals surface area contributed by atoms with Gasteiger partial charge in [-0.1, -0.05) is 13.8 Å². The molecule has 5 nitrogen and oxygen atoms in total. The van der Waals surface area contributed by atoms with E-state index in [0.29, 0.717) is 12.2 Å². The summed E-state index contributed by atoms with van der Waals surface area (Å²) in [7, 11) is 1.34. The zero-order valence-electron chi connectivity index (χ0n) is 11.7. The first-order chi connectivity index (χ1) is 9.36. The summed E-state index contributed by atoms with van der Waals surface area (Å²) in [6.45, 7) is 4.03. The molecule has 6 heteroatoms. The number of halogens is 1.